The average molecular weight is 829 g/mol. The summed E-state index contributed by atoms with van der Waals surface area (Å²) in [7, 11) is 0. The lowest BCUT2D eigenvalue weighted by Crippen LogP contribution is -2.27. The highest BCUT2D eigenvalue weighted by Crippen LogP contribution is 2.16. The summed E-state index contributed by atoms with van der Waals surface area (Å²) in [5, 5.41) is 9.66. The third kappa shape index (κ3) is 50.9. The van der Waals surface area contributed by atoms with Crippen molar-refractivity contribution in [2.75, 3.05) is 19.8 Å². The van der Waals surface area contributed by atoms with Crippen molar-refractivity contribution in [3.8, 4) is 0 Å². The lowest BCUT2D eigenvalue weighted by molar-refractivity contribution is -0.154. The maximum absolute atomic E-state index is 12.3. The van der Waals surface area contributed by atoms with E-state index < -0.39 is 6.10 Å². The van der Waals surface area contributed by atoms with Crippen LogP contribution in [0, 0.1) is 0 Å². The van der Waals surface area contributed by atoms with Crippen LogP contribution in [0.5, 0.6) is 0 Å². The number of rotatable bonds is 50. The zero-order valence-electron chi connectivity index (χ0n) is 40.0. The molecule has 4 nitrogen and oxygen atoms in total. The third-order valence-electron chi connectivity index (χ3n) is 11.9. The number of carbonyl (C=O) groups excluding carboxylic acids is 1. The van der Waals surface area contributed by atoms with Crippen LogP contribution in [0.2, 0.25) is 0 Å². The average Bonchev–Trinajstić information content (AvgIpc) is 3.24. The van der Waals surface area contributed by atoms with Gasteiger partial charge in [0.1, 0.15) is 6.10 Å². The molecule has 0 aliphatic rings. The number of unbranched alkanes of at least 4 members (excludes halogenated alkanes) is 36. The number of hydrogen-bond acceptors (Lipinski definition) is 4. The summed E-state index contributed by atoms with van der Waals surface area (Å²) in [6.45, 7) is 5.37. The number of hydrogen-bond donors (Lipinski definition) is 1. The highest BCUT2D eigenvalue weighted by atomic mass is 16.6. The Hall–Kier alpha value is -1.39. The molecule has 0 aliphatic carbocycles. The van der Waals surface area contributed by atoms with Gasteiger partial charge in [0.15, 0.2) is 0 Å². The zero-order chi connectivity index (χ0) is 42.6. The van der Waals surface area contributed by atoms with Crippen LogP contribution < -0.4 is 0 Å². The highest BCUT2D eigenvalue weighted by molar-refractivity contribution is 5.69. The molecular weight excluding hydrogens is 725 g/mol. The second kappa shape index (κ2) is 52.7. The van der Waals surface area contributed by atoms with Crippen molar-refractivity contribution in [2.45, 2.75) is 290 Å². The lowest BCUT2D eigenvalue weighted by atomic mass is 10.0. The van der Waals surface area contributed by atoms with Crippen molar-refractivity contribution < 1.29 is 19.4 Å². The van der Waals surface area contributed by atoms with Gasteiger partial charge in [-0.3, -0.25) is 4.79 Å². The first-order chi connectivity index (χ1) is 29.2. The molecule has 0 spiro atoms. The molecule has 0 bridgehead atoms. The molecule has 0 aliphatic heterocycles. The summed E-state index contributed by atoms with van der Waals surface area (Å²) in [6.07, 6.45) is 68.2. The summed E-state index contributed by atoms with van der Waals surface area (Å²) in [5.41, 5.74) is 0. The molecule has 0 amide bonds. The van der Waals surface area contributed by atoms with Crippen molar-refractivity contribution >= 4 is 5.97 Å². The quantitative estimate of drug-likeness (QED) is 0.0377. The molecule has 0 aromatic carbocycles. The SMILES string of the molecule is CCCCCCC/C=C\C/C=C\CCCCCCCCCCCCCCCCOCC(CO)OC(=O)CCCCCCCCCCC/C=C\CCCCCCCCCC. The Morgan fingerprint density at radius 2 is 0.712 bits per heavy atom. The Morgan fingerprint density at radius 3 is 1.07 bits per heavy atom. The molecule has 0 fully saturated rings. The molecule has 4 heteroatoms. The molecule has 0 saturated carbocycles. The molecule has 0 aromatic rings. The number of aliphatic hydroxyl groups is 1. The maximum Gasteiger partial charge on any atom is 0.306 e. The first-order valence-corrected chi connectivity index (χ1v) is 26.6. The van der Waals surface area contributed by atoms with E-state index in [1.807, 2.05) is 0 Å². The molecule has 0 heterocycles. The van der Waals surface area contributed by atoms with Crippen LogP contribution in [0.25, 0.3) is 0 Å². The van der Waals surface area contributed by atoms with Gasteiger partial charge in [-0.2, -0.15) is 0 Å². The van der Waals surface area contributed by atoms with Gasteiger partial charge in [-0.05, 0) is 70.6 Å². The summed E-state index contributed by atoms with van der Waals surface area (Å²) in [4.78, 5) is 12.3. The van der Waals surface area contributed by atoms with E-state index in [0.717, 1.165) is 25.7 Å². The van der Waals surface area contributed by atoms with Gasteiger partial charge >= 0.3 is 5.97 Å². The molecule has 1 N–H and O–H groups in total. The number of aliphatic hydroxyl groups excluding tert-OH is 1. The first kappa shape index (κ1) is 57.6. The molecule has 0 rings (SSSR count). The van der Waals surface area contributed by atoms with E-state index in [1.165, 1.54) is 238 Å². The molecule has 1 atom stereocenters. The van der Waals surface area contributed by atoms with Crippen molar-refractivity contribution in [3.05, 3.63) is 36.5 Å². The molecule has 348 valence electrons. The van der Waals surface area contributed by atoms with Crippen LogP contribution >= 0.6 is 0 Å². The second-order valence-electron chi connectivity index (χ2n) is 17.9. The predicted octanol–water partition coefficient (Wildman–Crippen LogP) is 18.0. The fourth-order valence-corrected chi connectivity index (χ4v) is 7.94. The summed E-state index contributed by atoms with van der Waals surface area (Å²) in [6, 6.07) is 0. The normalized spacial score (nSPS) is 12.5. The van der Waals surface area contributed by atoms with Crippen molar-refractivity contribution in [1.82, 2.24) is 0 Å². The van der Waals surface area contributed by atoms with Crippen molar-refractivity contribution in [2.24, 2.45) is 0 Å². The number of ether oxygens (including phenoxy) is 2. The summed E-state index contributed by atoms with van der Waals surface area (Å²) >= 11 is 0. The van der Waals surface area contributed by atoms with Gasteiger partial charge in [0.25, 0.3) is 0 Å². The van der Waals surface area contributed by atoms with Gasteiger partial charge in [0.05, 0.1) is 13.2 Å². The molecule has 1 unspecified atom stereocenters. The van der Waals surface area contributed by atoms with E-state index in [-0.39, 0.29) is 12.6 Å². The van der Waals surface area contributed by atoms with Crippen LogP contribution in [-0.2, 0) is 14.3 Å². The summed E-state index contributed by atoms with van der Waals surface area (Å²) < 4.78 is 11.2. The Labute approximate surface area is 370 Å². The minimum Gasteiger partial charge on any atom is -0.457 e. The van der Waals surface area contributed by atoms with E-state index in [0.29, 0.717) is 19.6 Å². The van der Waals surface area contributed by atoms with Gasteiger partial charge in [-0.1, -0.05) is 243 Å². The van der Waals surface area contributed by atoms with Gasteiger partial charge in [-0.15, -0.1) is 0 Å². The van der Waals surface area contributed by atoms with E-state index >= 15 is 0 Å². The lowest BCUT2D eigenvalue weighted by Gasteiger charge is -2.16. The topological polar surface area (TPSA) is 55.8 Å². The monoisotopic (exact) mass is 829 g/mol. The largest absolute Gasteiger partial charge is 0.457 e. The fraction of sp³-hybridized carbons (Fsp3) is 0.873. The van der Waals surface area contributed by atoms with Gasteiger partial charge in [-0.25, -0.2) is 0 Å². The summed E-state index contributed by atoms with van der Waals surface area (Å²) in [5.74, 6) is -0.198. The molecule has 0 radical (unpaired) electrons. The standard InChI is InChI=1S/C55H104O4/c1-3-5-7-9-11-13-15-17-19-21-23-25-26-27-28-29-31-33-35-37-39-41-43-45-47-49-51-58-53-54(52-56)59-55(57)50-48-46-44-42-40-38-36-34-32-30-24-22-20-18-16-14-12-10-8-6-4-2/h15,17,21-24,54,56H,3-14,16,18-20,25-53H2,1-2H3/b17-15-,23-21-,24-22-. The number of carbonyl (C=O) groups is 1. The minimum atomic E-state index is -0.535. The van der Waals surface area contributed by atoms with E-state index in [1.54, 1.807) is 0 Å². The third-order valence-corrected chi connectivity index (χ3v) is 11.9. The zero-order valence-corrected chi connectivity index (χ0v) is 40.0. The smallest absolute Gasteiger partial charge is 0.306 e. The Bertz CT molecular complexity index is 878. The predicted molar refractivity (Wildman–Crippen MR) is 260 cm³/mol. The van der Waals surface area contributed by atoms with Crippen LogP contribution in [0.15, 0.2) is 36.5 Å². The molecule has 0 aromatic heterocycles. The Morgan fingerprint density at radius 1 is 0.407 bits per heavy atom. The molecule has 59 heavy (non-hydrogen) atoms. The number of allylic oxidation sites excluding steroid dienone is 6. The number of esters is 1. The first-order valence-electron chi connectivity index (χ1n) is 26.6. The van der Waals surface area contributed by atoms with Gasteiger partial charge in [0, 0.05) is 13.0 Å². The van der Waals surface area contributed by atoms with E-state index in [9.17, 15) is 9.90 Å². The van der Waals surface area contributed by atoms with Gasteiger partial charge in [0.2, 0.25) is 0 Å². The molecular formula is C55H104O4. The Balaban J connectivity index is 3.37. The van der Waals surface area contributed by atoms with E-state index in [4.69, 9.17) is 9.47 Å². The molecule has 0 saturated heterocycles. The minimum absolute atomic E-state index is 0.170. The maximum atomic E-state index is 12.3. The van der Waals surface area contributed by atoms with Crippen LogP contribution in [0.3, 0.4) is 0 Å². The second-order valence-corrected chi connectivity index (χ2v) is 17.9. The van der Waals surface area contributed by atoms with E-state index in [2.05, 4.69) is 50.3 Å². The van der Waals surface area contributed by atoms with Crippen molar-refractivity contribution in [3.63, 3.8) is 0 Å². The van der Waals surface area contributed by atoms with Gasteiger partial charge < -0.3 is 14.6 Å². The fourth-order valence-electron chi connectivity index (χ4n) is 7.94. The Kier molecular flexibility index (Phi) is 51.5. The van der Waals surface area contributed by atoms with Crippen LogP contribution in [-0.4, -0.2) is 37.0 Å². The highest BCUT2D eigenvalue weighted by Gasteiger charge is 2.13. The van der Waals surface area contributed by atoms with Crippen molar-refractivity contribution in [1.29, 1.82) is 0 Å². The van der Waals surface area contributed by atoms with Crippen LogP contribution in [0.1, 0.15) is 284 Å². The van der Waals surface area contributed by atoms with Crippen LogP contribution in [0.4, 0.5) is 0 Å².